The van der Waals surface area contributed by atoms with Crippen molar-refractivity contribution in [3.8, 4) is 0 Å². The van der Waals surface area contributed by atoms with Gasteiger partial charge in [0.1, 0.15) is 5.84 Å². The van der Waals surface area contributed by atoms with Crippen LogP contribution in [-0.4, -0.2) is 12.4 Å². The van der Waals surface area contributed by atoms with Crippen molar-refractivity contribution in [2.45, 2.75) is 13.8 Å². The van der Waals surface area contributed by atoms with Crippen molar-refractivity contribution in [3.05, 3.63) is 58.6 Å². The Morgan fingerprint density at radius 2 is 1.95 bits per heavy atom. The van der Waals surface area contributed by atoms with Gasteiger partial charge in [0.2, 0.25) is 0 Å². The van der Waals surface area contributed by atoms with Crippen LogP contribution >= 0.6 is 11.6 Å². The Morgan fingerprint density at radius 1 is 1.25 bits per heavy atom. The SMILES string of the molecule is CCN(c1cccc(C)c1)c1cccc(Cl)c1C(=N)N. The van der Waals surface area contributed by atoms with E-state index in [9.17, 15) is 0 Å². The zero-order chi connectivity index (χ0) is 14.7. The molecule has 0 unspecified atom stereocenters. The number of nitrogens with two attached hydrogens (primary N) is 1. The molecule has 4 heteroatoms. The van der Waals surface area contributed by atoms with Gasteiger partial charge in [0, 0.05) is 12.2 Å². The topological polar surface area (TPSA) is 53.1 Å². The van der Waals surface area contributed by atoms with Crippen LogP contribution in [0.5, 0.6) is 0 Å². The molecule has 3 nitrogen and oxygen atoms in total. The number of aryl methyl sites for hydroxylation is 1. The molecule has 0 fully saturated rings. The van der Waals surface area contributed by atoms with Crippen LogP contribution in [0, 0.1) is 12.3 Å². The molecule has 0 aliphatic rings. The Bertz CT molecular complexity index is 637. The fourth-order valence-corrected chi connectivity index (χ4v) is 2.56. The van der Waals surface area contributed by atoms with E-state index in [0.29, 0.717) is 10.6 Å². The minimum Gasteiger partial charge on any atom is -0.384 e. The Balaban J connectivity index is 2.58. The third-order valence-corrected chi connectivity index (χ3v) is 3.50. The molecule has 2 rings (SSSR count). The highest BCUT2D eigenvalue weighted by Gasteiger charge is 2.16. The van der Waals surface area contributed by atoms with E-state index >= 15 is 0 Å². The van der Waals surface area contributed by atoms with Gasteiger partial charge in [0.15, 0.2) is 0 Å². The number of anilines is 2. The second-order valence-corrected chi connectivity index (χ2v) is 5.04. The number of amidine groups is 1. The molecule has 3 N–H and O–H groups in total. The van der Waals surface area contributed by atoms with Gasteiger partial charge in [-0.3, -0.25) is 5.41 Å². The molecule has 0 radical (unpaired) electrons. The van der Waals surface area contributed by atoms with Crippen molar-refractivity contribution in [2.24, 2.45) is 5.73 Å². The predicted molar refractivity (Wildman–Crippen MR) is 86.3 cm³/mol. The minimum absolute atomic E-state index is 0.0169. The second-order valence-electron chi connectivity index (χ2n) is 4.63. The Morgan fingerprint density at radius 3 is 2.55 bits per heavy atom. The van der Waals surface area contributed by atoms with Gasteiger partial charge < -0.3 is 10.6 Å². The summed E-state index contributed by atoms with van der Waals surface area (Å²) < 4.78 is 0. The normalized spacial score (nSPS) is 10.3. The van der Waals surface area contributed by atoms with E-state index in [0.717, 1.165) is 17.9 Å². The number of nitrogens with zero attached hydrogens (tertiary/aromatic N) is 1. The second kappa shape index (κ2) is 5.97. The van der Waals surface area contributed by atoms with Crippen LogP contribution in [-0.2, 0) is 0 Å². The summed E-state index contributed by atoms with van der Waals surface area (Å²) in [6, 6.07) is 13.8. The monoisotopic (exact) mass is 287 g/mol. The lowest BCUT2D eigenvalue weighted by Crippen LogP contribution is -2.22. The largest absolute Gasteiger partial charge is 0.384 e. The standard InChI is InChI=1S/C16H18ClN3/c1-3-20(12-7-4-6-11(2)10-12)14-9-5-8-13(17)15(14)16(18)19/h4-10H,3H2,1-2H3,(H3,18,19). The molecule has 104 valence electrons. The van der Waals surface area contributed by atoms with Crippen LogP contribution in [0.25, 0.3) is 0 Å². The van der Waals surface area contributed by atoms with Crippen LogP contribution in [0.2, 0.25) is 5.02 Å². The van der Waals surface area contributed by atoms with Crippen molar-refractivity contribution < 1.29 is 0 Å². The summed E-state index contributed by atoms with van der Waals surface area (Å²) in [5.74, 6) is -0.0169. The molecule has 0 aliphatic carbocycles. The van der Waals surface area contributed by atoms with E-state index < -0.39 is 0 Å². The molecule has 0 amide bonds. The van der Waals surface area contributed by atoms with E-state index in [1.165, 1.54) is 5.56 Å². The molecule has 0 atom stereocenters. The molecule has 0 aliphatic heterocycles. The quantitative estimate of drug-likeness (QED) is 0.657. The van der Waals surface area contributed by atoms with Gasteiger partial charge in [-0.15, -0.1) is 0 Å². The Kier molecular flexibility index (Phi) is 4.30. The summed E-state index contributed by atoms with van der Waals surface area (Å²) in [6.45, 7) is 4.89. The average molecular weight is 288 g/mol. The molecule has 2 aromatic rings. The first kappa shape index (κ1) is 14.4. The summed E-state index contributed by atoms with van der Waals surface area (Å²) in [6.07, 6.45) is 0. The van der Waals surface area contributed by atoms with E-state index in [1.54, 1.807) is 6.07 Å². The van der Waals surface area contributed by atoms with Gasteiger partial charge in [-0.25, -0.2) is 0 Å². The van der Waals surface area contributed by atoms with Crippen molar-refractivity contribution in [1.29, 1.82) is 5.41 Å². The molecular weight excluding hydrogens is 270 g/mol. The first-order valence-corrected chi connectivity index (χ1v) is 6.89. The summed E-state index contributed by atoms with van der Waals surface area (Å²) in [4.78, 5) is 2.11. The van der Waals surface area contributed by atoms with Crippen LogP contribution < -0.4 is 10.6 Å². The third kappa shape index (κ3) is 2.78. The van der Waals surface area contributed by atoms with Crippen LogP contribution in [0.1, 0.15) is 18.1 Å². The maximum Gasteiger partial charge on any atom is 0.126 e. The zero-order valence-electron chi connectivity index (χ0n) is 11.7. The van der Waals surface area contributed by atoms with E-state index in [4.69, 9.17) is 22.7 Å². The summed E-state index contributed by atoms with van der Waals surface area (Å²) in [5, 5.41) is 8.26. The highest BCUT2D eigenvalue weighted by Crippen LogP contribution is 2.32. The molecule has 0 spiro atoms. The lowest BCUT2D eigenvalue weighted by Gasteiger charge is -2.26. The van der Waals surface area contributed by atoms with Gasteiger partial charge in [-0.2, -0.15) is 0 Å². The van der Waals surface area contributed by atoms with Gasteiger partial charge in [0.25, 0.3) is 0 Å². The number of rotatable bonds is 4. The molecule has 0 bridgehead atoms. The van der Waals surface area contributed by atoms with Crippen molar-refractivity contribution >= 4 is 28.8 Å². The molecular formula is C16H18ClN3. The highest BCUT2D eigenvalue weighted by atomic mass is 35.5. The predicted octanol–water partition coefficient (Wildman–Crippen LogP) is 4.09. The van der Waals surface area contributed by atoms with Gasteiger partial charge in [0.05, 0.1) is 16.3 Å². The van der Waals surface area contributed by atoms with Crippen LogP contribution in [0.15, 0.2) is 42.5 Å². The van der Waals surface area contributed by atoms with Crippen LogP contribution in [0.3, 0.4) is 0 Å². The molecule has 0 heterocycles. The van der Waals surface area contributed by atoms with E-state index in [-0.39, 0.29) is 5.84 Å². The van der Waals surface area contributed by atoms with Gasteiger partial charge in [-0.1, -0.05) is 29.8 Å². The first-order chi connectivity index (χ1) is 9.54. The molecule has 0 saturated carbocycles. The minimum atomic E-state index is -0.0169. The summed E-state index contributed by atoms with van der Waals surface area (Å²) in [7, 11) is 0. The maximum atomic E-state index is 7.76. The number of hydrogen-bond acceptors (Lipinski definition) is 2. The summed E-state index contributed by atoms with van der Waals surface area (Å²) >= 11 is 6.20. The average Bonchev–Trinajstić information content (AvgIpc) is 2.39. The van der Waals surface area contributed by atoms with Crippen molar-refractivity contribution in [1.82, 2.24) is 0 Å². The Hall–Kier alpha value is -2.00. The smallest absolute Gasteiger partial charge is 0.126 e. The molecule has 20 heavy (non-hydrogen) atoms. The lowest BCUT2D eigenvalue weighted by atomic mass is 10.1. The molecule has 2 aromatic carbocycles. The van der Waals surface area contributed by atoms with Crippen molar-refractivity contribution in [3.63, 3.8) is 0 Å². The summed E-state index contributed by atoms with van der Waals surface area (Å²) in [5.41, 5.74) is 9.38. The van der Waals surface area contributed by atoms with E-state index in [2.05, 4.69) is 30.9 Å². The zero-order valence-corrected chi connectivity index (χ0v) is 12.4. The van der Waals surface area contributed by atoms with E-state index in [1.807, 2.05) is 24.3 Å². The lowest BCUT2D eigenvalue weighted by molar-refractivity contribution is 1.02. The first-order valence-electron chi connectivity index (χ1n) is 6.51. The fraction of sp³-hybridized carbons (Fsp3) is 0.188. The molecule has 0 saturated heterocycles. The van der Waals surface area contributed by atoms with Crippen molar-refractivity contribution in [2.75, 3.05) is 11.4 Å². The number of hydrogen-bond donors (Lipinski definition) is 2. The number of benzene rings is 2. The maximum absolute atomic E-state index is 7.76. The third-order valence-electron chi connectivity index (χ3n) is 3.18. The van der Waals surface area contributed by atoms with Gasteiger partial charge in [-0.05, 0) is 43.7 Å². The molecule has 0 aromatic heterocycles. The highest BCUT2D eigenvalue weighted by molar-refractivity contribution is 6.34. The Labute approximate surface area is 124 Å². The fourth-order valence-electron chi connectivity index (χ4n) is 2.29. The number of halogens is 1. The number of nitrogens with one attached hydrogen (secondary N) is 1. The number of nitrogen functional groups attached to an aromatic ring is 1. The van der Waals surface area contributed by atoms with Crippen LogP contribution in [0.4, 0.5) is 11.4 Å². The van der Waals surface area contributed by atoms with Gasteiger partial charge >= 0.3 is 0 Å².